The molecule has 0 bridgehead atoms. The molecule has 0 saturated heterocycles. The van der Waals surface area contributed by atoms with Crippen LogP contribution in [0.4, 0.5) is 0 Å². The maximum atomic E-state index is 8.90. The predicted molar refractivity (Wildman–Crippen MR) is 32.2 cm³/mol. The van der Waals surface area contributed by atoms with Crippen LogP contribution in [0.15, 0.2) is 12.4 Å². The van der Waals surface area contributed by atoms with Gasteiger partial charge in [-0.1, -0.05) is 0 Å². The third kappa shape index (κ3) is 1.20. The number of aromatic nitrogens is 2. The molecule has 0 spiro atoms. The van der Waals surface area contributed by atoms with Gasteiger partial charge in [-0.15, -0.1) is 0 Å². The van der Waals surface area contributed by atoms with Crippen LogP contribution in [0.2, 0.25) is 0 Å². The molecule has 0 aliphatic heterocycles. The highest BCUT2D eigenvalue weighted by molar-refractivity contribution is 4.87. The Morgan fingerprint density at radius 3 is 3.11 bits per heavy atom. The lowest BCUT2D eigenvalue weighted by Crippen LogP contribution is -2.10. The lowest BCUT2D eigenvalue weighted by molar-refractivity contribution is 0.174. The van der Waals surface area contributed by atoms with Gasteiger partial charge in [0.15, 0.2) is 5.82 Å². The molecule has 0 unspecified atom stereocenters. The molecule has 0 aliphatic rings. The van der Waals surface area contributed by atoms with Gasteiger partial charge in [0.2, 0.25) is 0 Å². The summed E-state index contributed by atoms with van der Waals surface area (Å²) in [7, 11) is 1.80. The Morgan fingerprint density at radius 1 is 1.89 bits per heavy atom. The van der Waals surface area contributed by atoms with Crippen molar-refractivity contribution in [2.24, 2.45) is 0 Å². The second-order valence-electron chi connectivity index (χ2n) is 1.72. The van der Waals surface area contributed by atoms with Crippen LogP contribution in [0, 0.1) is 0 Å². The number of nitrogens with one attached hydrogen (secondary N) is 1. The number of hydrogen-bond donors (Lipinski definition) is 2. The average molecular weight is 127 g/mol. The third-order valence-corrected chi connectivity index (χ3v) is 1.03. The molecular weight excluding hydrogens is 118 g/mol. The van der Waals surface area contributed by atoms with Crippen molar-refractivity contribution in [1.29, 1.82) is 0 Å². The van der Waals surface area contributed by atoms with Gasteiger partial charge in [0.1, 0.15) is 0 Å². The first-order valence-electron chi connectivity index (χ1n) is 2.70. The smallest absolute Gasteiger partial charge is 0.158 e. The van der Waals surface area contributed by atoms with Crippen LogP contribution in [-0.2, 0) is 6.54 Å². The van der Waals surface area contributed by atoms with Crippen molar-refractivity contribution in [2.45, 2.75) is 6.54 Å². The van der Waals surface area contributed by atoms with Crippen LogP contribution in [0.3, 0.4) is 0 Å². The lowest BCUT2D eigenvalue weighted by Gasteiger charge is -1.96. The highest BCUT2D eigenvalue weighted by atomic mass is 16.5. The maximum Gasteiger partial charge on any atom is 0.158 e. The predicted octanol–water partition coefficient (Wildman–Crippen LogP) is -0.160. The standard InChI is InChI=1S/C5H9N3O/c1-6-4-5-7-2-3-8(5)9/h2-3,6,9H,4H2,1H3. The molecule has 50 valence electrons. The molecule has 2 N–H and O–H groups in total. The van der Waals surface area contributed by atoms with Crippen LogP contribution >= 0.6 is 0 Å². The van der Waals surface area contributed by atoms with Crippen LogP contribution < -0.4 is 5.32 Å². The normalized spacial score (nSPS) is 9.89. The van der Waals surface area contributed by atoms with Gasteiger partial charge in [0.05, 0.1) is 12.7 Å². The summed E-state index contributed by atoms with van der Waals surface area (Å²) >= 11 is 0. The summed E-state index contributed by atoms with van der Waals surface area (Å²) in [6, 6.07) is 0. The van der Waals surface area contributed by atoms with Gasteiger partial charge in [-0.3, -0.25) is 0 Å². The molecule has 0 atom stereocenters. The van der Waals surface area contributed by atoms with E-state index >= 15 is 0 Å². The zero-order chi connectivity index (χ0) is 6.69. The summed E-state index contributed by atoms with van der Waals surface area (Å²) in [5.74, 6) is 0.623. The molecule has 1 aromatic heterocycles. The van der Waals surface area contributed by atoms with E-state index in [0.29, 0.717) is 12.4 Å². The molecule has 0 saturated carbocycles. The molecule has 1 heterocycles. The molecule has 4 nitrogen and oxygen atoms in total. The van der Waals surface area contributed by atoms with E-state index in [1.807, 2.05) is 0 Å². The van der Waals surface area contributed by atoms with Crippen molar-refractivity contribution in [3.8, 4) is 0 Å². The first-order chi connectivity index (χ1) is 4.34. The molecule has 9 heavy (non-hydrogen) atoms. The third-order valence-electron chi connectivity index (χ3n) is 1.03. The Bertz CT molecular complexity index is 184. The van der Waals surface area contributed by atoms with Crippen LogP contribution in [0.25, 0.3) is 0 Å². The van der Waals surface area contributed by atoms with E-state index in [1.54, 1.807) is 13.2 Å². The summed E-state index contributed by atoms with van der Waals surface area (Å²) in [4.78, 5) is 3.86. The van der Waals surface area contributed by atoms with E-state index in [9.17, 15) is 0 Å². The van der Waals surface area contributed by atoms with E-state index in [4.69, 9.17) is 5.21 Å². The number of hydrogen-bond acceptors (Lipinski definition) is 3. The van der Waals surface area contributed by atoms with Gasteiger partial charge in [0.25, 0.3) is 0 Å². The molecule has 0 aliphatic carbocycles. The molecule has 1 aromatic rings. The summed E-state index contributed by atoms with van der Waals surface area (Å²) in [6.07, 6.45) is 3.04. The van der Waals surface area contributed by atoms with Crippen molar-refractivity contribution < 1.29 is 5.21 Å². The van der Waals surface area contributed by atoms with Gasteiger partial charge in [-0.25, -0.2) is 4.98 Å². The quantitative estimate of drug-likeness (QED) is 0.543. The highest BCUT2D eigenvalue weighted by Gasteiger charge is 1.95. The lowest BCUT2D eigenvalue weighted by atomic mass is 10.6. The zero-order valence-corrected chi connectivity index (χ0v) is 5.20. The van der Waals surface area contributed by atoms with Crippen LogP contribution in [-0.4, -0.2) is 22.0 Å². The Hall–Kier alpha value is -1.03. The monoisotopic (exact) mass is 127 g/mol. The fourth-order valence-electron chi connectivity index (χ4n) is 0.612. The Morgan fingerprint density at radius 2 is 2.67 bits per heavy atom. The van der Waals surface area contributed by atoms with Crippen molar-refractivity contribution in [1.82, 2.24) is 15.0 Å². The van der Waals surface area contributed by atoms with Gasteiger partial charge in [-0.2, -0.15) is 4.73 Å². The molecule has 0 aromatic carbocycles. The fourth-order valence-corrected chi connectivity index (χ4v) is 0.612. The molecule has 4 heteroatoms. The van der Waals surface area contributed by atoms with E-state index in [1.165, 1.54) is 6.20 Å². The number of rotatable bonds is 2. The average Bonchev–Trinajstić information content (AvgIpc) is 2.18. The number of imidazole rings is 1. The van der Waals surface area contributed by atoms with Crippen LogP contribution in [0.5, 0.6) is 0 Å². The largest absolute Gasteiger partial charge is 0.427 e. The van der Waals surface area contributed by atoms with Gasteiger partial charge in [-0.05, 0) is 7.05 Å². The van der Waals surface area contributed by atoms with Crippen molar-refractivity contribution in [2.75, 3.05) is 7.05 Å². The first-order valence-corrected chi connectivity index (χ1v) is 2.70. The molecular formula is C5H9N3O. The van der Waals surface area contributed by atoms with Crippen molar-refractivity contribution in [3.05, 3.63) is 18.2 Å². The van der Waals surface area contributed by atoms with E-state index in [-0.39, 0.29) is 0 Å². The second kappa shape index (κ2) is 2.50. The molecule has 0 fully saturated rings. The van der Waals surface area contributed by atoms with E-state index in [2.05, 4.69) is 10.3 Å². The van der Waals surface area contributed by atoms with Crippen LogP contribution in [0.1, 0.15) is 5.82 Å². The second-order valence-corrected chi connectivity index (χ2v) is 1.72. The van der Waals surface area contributed by atoms with Gasteiger partial charge >= 0.3 is 0 Å². The van der Waals surface area contributed by atoms with E-state index < -0.39 is 0 Å². The SMILES string of the molecule is CNCc1nccn1O. The summed E-state index contributed by atoms with van der Waals surface area (Å²) in [5.41, 5.74) is 0. The van der Waals surface area contributed by atoms with Crippen molar-refractivity contribution in [3.63, 3.8) is 0 Å². The first kappa shape index (κ1) is 6.10. The Balaban J connectivity index is 2.69. The highest BCUT2D eigenvalue weighted by Crippen LogP contribution is 1.90. The molecule has 0 radical (unpaired) electrons. The Labute approximate surface area is 53.1 Å². The summed E-state index contributed by atoms with van der Waals surface area (Å²) < 4.78 is 0.997. The topological polar surface area (TPSA) is 50.1 Å². The minimum atomic E-state index is 0.587. The fraction of sp³-hybridized carbons (Fsp3) is 0.400. The number of nitrogens with zero attached hydrogens (tertiary/aromatic N) is 2. The summed E-state index contributed by atoms with van der Waals surface area (Å²) in [5, 5.41) is 11.8. The summed E-state index contributed by atoms with van der Waals surface area (Å²) in [6.45, 7) is 0.587. The minimum Gasteiger partial charge on any atom is -0.427 e. The molecule has 1 rings (SSSR count). The zero-order valence-electron chi connectivity index (χ0n) is 5.20. The van der Waals surface area contributed by atoms with Crippen molar-refractivity contribution >= 4 is 0 Å². The minimum absolute atomic E-state index is 0.587. The van der Waals surface area contributed by atoms with Gasteiger partial charge < -0.3 is 10.5 Å². The Kier molecular flexibility index (Phi) is 1.69. The van der Waals surface area contributed by atoms with Gasteiger partial charge in [0, 0.05) is 6.20 Å². The van der Waals surface area contributed by atoms with E-state index in [0.717, 1.165) is 4.73 Å². The molecule has 0 amide bonds. The maximum absolute atomic E-state index is 8.90.